The third-order valence-corrected chi connectivity index (χ3v) is 6.54. The van der Waals surface area contributed by atoms with Crippen molar-refractivity contribution in [2.75, 3.05) is 11.4 Å². The first kappa shape index (κ1) is 19.6. The summed E-state index contributed by atoms with van der Waals surface area (Å²) in [5.74, 6) is 0.272. The number of carbonyl (C=O) groups is 1. The summed E-state index contributed by atoms with van der Waals surface area (Å²) < 4.78 is 5.09. The number of ether oxygens (including phenoxy) is 1. The average Bonchev–Trinajstić information content (AvgIpc) is 3.43. The number of primary amides is 1. The van der Waals surface area contributed by atoms with E-state index in [-0.39, 0.29) is 12.0 Å². The van der Waals surface area contributed by atoms with E-state index in [1.807, 2.05) is 12.4 Å². The van der Waals surface area contributed by atoms with Gasteiger partial charge in [0.15, 0.2) is 0 Å². The van der Waals surface area contributed by atoms with E-state index in [0.29, 0.717) is 6.04 Å². The van der Waals surface area contributed by atoms with E-state index in [1.54, 1.807) is 0 Å². The zero-order valence-corrected chi connectivity index (χ0v) is 17.7. The van der Waals surface area contributed by atoms with Crippen LogP contribution < -0.4 is 10.6 Å². The molecule has 1 aromatic heterocycles. The molecule has 1 aliphatic carbocycles. The van der Waals surface area contributed by atoms with E-state index in [0.717, 1.165) is 25.8 Å². The molecule has 5 nitrogen and oxygen atoms in total. The van der Waals surface area contributed by atoms with Crippen molar-refractivity contribution in [1.29, 1.82) is 0 Å². The lowest BCUT2D eigenvalue weighted by Crippen LogP contribution is -2.26. The van der Waals surface area contributed by atoms with Crippen molar-refractivity contribution >= 4 is 11.8 Å². The summed E-state index contributed by atoms with van der Waals surface area (Å²) in [6, 6.07) is 20.1. The summed E-state index contributed by atoms with van der Waals surface area (Å²) in [6.07, 6.45) is 5.99. The first-order valence-corrected chi connectivity index (χ1v) is 11.0. The van der Waals surface area contributed by atoms with Crippen LogP contribution in [0.15, 0.2) is 67.0 Å². The molecule has 0 bridgehead atoms. The zero-order chi connectivity index (χ0) is 21.4. The van der Waals surface area contributed by atoms with E-state index in [1.165, 1.54) is 33.5 Å². The van der Waals surface area contributed by atoms with Gasteiger partial charge in [-0.25, -0.2) is 4.79 Å². The van der Waals surface area contributed by atoms with Gasteiger partial charge >= 0.3 is 6.09 Å². The Morgan fingerprint density at radius 3 is 2.58 bits per heavy atom. The fraction of sp³-hybridized carbons (Fsp3) is 0.308. The summed E-state index contributed by atoms with van der Waals surface area (Å²) in [6.45, 7) is 3.29. The molecule has 3 atom stereocenters. The molecule has 1 aliphatic heterocycles. The van der Waals surface area contributed by atoms with Crippen molar-refractivity contribution in [3.8, 4) is 11.1 Å². The van der Waals surface area contributed by atoms with Crippen LogP contribution in [0.5, 0.6) is 0 Å². The Bertz CT molecular complexity index is 1080. The highest BCUT2D eigenvalue weighted by Gasteiger charge is 2.41. The molecule has 3 unspecified atom stereocenters. The molecule has 2 N–H and O–H groups in total. The lowest BCUT2D eigenvalue weighted by atomic mass is 9.99. The van der Waals surface area contributed by atoms with Crippen molar-refractivity contribution in [3.63, 3.8) is 0 Å². The van der Waals surface area contributed by atoms with E-state index in [4.69, 9.17) is 10.5 Å². The Morgan fingerprint density at radius 1 is 1.13 bits per heavy atom. The number of anilines is 1. The van der Waals surface area contributed by atoms with Gasteiger partial charge in [0.25, 0.3) is 0 Å². The quantitative estimate of drug-likeness (QED) is 0.602. The Hall–Kier alpha value is -3.34. The maximum atomic E-state index is 10.9. The van der Waals surface area contributed by atoms with Gasteiger partial charge in [0.2, 0.25) is 0 Å². The van der Waals surface area contributed by atoms with Crippen LogP contribution >= 0.6 is 0 Å². The Labute approximate surface area is 182 Å². The van der Waals surface area contributed by atoms with Crippen LogP contribution in [0, 0.1) is 0 Å². The molecule has 1 fully saturated rings. The largest absolute Gasteiger partial charge is 0.446 e. The van der Waals surface area contributed by atoms with E-state index in [9.17, 15) is 4.79 Å². The van der Waals surface area contributed by atoms with Crippen molar-refractivity contribution in [2.24, 2.45) is 5.73 Å². The van der Waals surface area contributed by atoms with Gasteiger partial charge in [0.05, 0.1) is 6.04 Å². The third-order valence-electron chi connectivity index (χ3n) is 6.54. The van der Waals surface area contributed by atoms with E-state index >= 15 is 0 Å². The fourth-order valence-electron chi connectivity index (χ4n) is 4.88. The predicted molar refractivity (Wildman–Crippen MR) is 122 cm³/mol. The second kappa shape index (κ2) is 8.06. The van der Waals surface area contributed by atoms with Crippen molar-refractivity contribution in [3.05, 3.63) is 83.7 Å². The highest BCUT2D eigenvalue weighted by atomic mass is 16.6. The molecule has 3 aromatic rings. The summed E-state index contributed by atoms with van der Waals surface area (Å²) in [7, 11) is 0. The number of fused-ring (bicyclic) bond motifs is 1. The fourth-order valence-corrected chi connectivity index (χ4v) is 4.88. The summed E-state index contributed by atoms with van der Waals surface area (Å²) in [5.41, 5.74) is 12.8. The number of hydrogen-bond donors (Lipinski definition) is 1. The SMILES string of the molecule is CCC(c1ccncc1)N1CCc2cc(-c3ccc(C4CC4OC(N)=O)cc3)ccc21. The smallest absolute Gasteiger partial charge is 0.404 e. The first-order chi connectivity index (χ1) is 15.1. The minimum atomic E-state index is -0.689. The van der Waals surface area contributed by atoms with Crippen LogP contribution in [-0.2, 0) is 11.2 Å². The molecule has 2 heterocycles. The van der Waals surface area contributed by atoms with Crippen molar-refractivity contribution < 1.29 is 9.53 Å². The third kappa shape index (κ3) is 3.88. The van der Waals surface area contributed by atoms with Gasteiger partial charge in [0.1, 0.15) is 6.10 Å². The highest BCUT2D eigenvalue weighted by molar-refractivity contribution is 5.71. The van der Waals surface area contributed by atoms with Gasteiger partial charge in [-0.3, -0.25) is 4.98 Å². The van der Waals surface area contributed by atoms with Crippen LogP contribution in [-0.4, -0.2) is 23.7 Å². The van der Waals surface area contributed by atoms with Crippen LogP contribution in [0.25, 0.3) is 11.1 Å². The Morgan fingerprint density at radius 2 is 1.87 bits per heavy atom. The first-order valence-electron chi connectivity index (χ1n) is 11.0. The molecule has 2 aromatic carbocycles. The van der Waals surface area contributed by atoms with Gasteiger partial charge in [-0.1, -0.05) is 37.3 Å². The van der Waals surface area contributed by atoms with Crippen LogP contribution in [0.4, 0.5) is 10.5 Å². The molecule has 5 rings (SSSR count). The predicted octanol–water partition coefficient (Wildman–Crippen LogP) is 5.21. The molecule has 0 spiro atoms. The molecular formula is C26H27N3O2. The molecule has 1 amide bonds. The van der Waals surface area contributed by atoms with Gasteiger partial charge in [-0.2, -0.15) is 0 Å². The summed E-state index contributed by atoms with van der Waals surface area (Å²) in [5, 5.41) is 0. The maximum absolute atomic E-state index is 10.9. The highest BCUT2D eigenvalue weighted by Crippen LogP contribution is 2.44. The van der Waals surface area contributed by atoms with Crippen molar-refractivity contribution in [2.45, 2.75) is 44.2 Å². The maximum Gasteiger partial charge on any atom is 0.404 e. The zero-order valence-electron chi connectivity index (χ0n) is 17.7. The number of hydrogen-bond acceptors (Lipinski definition) is 4. The lowest BCUT2D eigenvalue weighted by molar-refractivity contribution is 0.147. The lowest BCUT2D eigenvalue weighted by Gasteiger charge is -2.30. The van der Waals surface area contributed by atoms with Crippen molar-refractivity contribution in [1.82, 2.24) is 4.98 Å². The molecule has 158 valence electrons. The second-order valence-corrected chi connectivity index (χ2v) is 8.43. The topological polar surface area (TPSA) is 68.5 Å². The number of nitrogens with two attached hydrogens (primary N) is 1. The Kier molecular flexibility index (Phi) is 5.10. The van der Waals surface area contributed by atoms with Gasteiger partial charge in [-0.15, -0.1) is 0 Å². The molecular weight excluding hydrogens is 386 g/mol. The number of pyridine rings is 1. The average molecular weight is 414 g/mol. The van der Waals surface area contributed by atoms with Gasteiger partial charge in [-0.05, 0) is 71.3 Å². The number of benzene rings is 2. The van der Waals surface area contributed by atoms with Crippen LogP contribution in [0.3, 0.4) is 0 Å². The van der Waals surface area contributed by atoms with Crippen LogP contribution in [0.1, 0.15) is 48.4 Å². The number of amides is 1. The minimum Gasteiger partial charge on any atom is -0.446 e. The summed E-state index contributed by atoms with van der Waals surface area (Å²) in [4.78, 5) is 17.6. The number of aromatic nitrogens is 1. The standard InChI is InChI=1S/C26H27N3O2/c1-2-23(19-9-12-28-13-10-19)29-14-11-21-15-20(7-8-24(21)29)17-3-5-18(6-4-17)22-16-25(22)31-26(27)30/h3-10,12-13,15,22-23,25H,2,11,14,16H2,1H3,(H2,27,30). The van der Waals surface area contributed by atoms with E-state index in [2.05, 4.69) is 71.4 Å². The normalized spacial score (nSPS) is 20.2. The number of rotatable bonds is 6. The summed E-state index contributed by atoms with van der Waals surface area (Å²) >= 11 is 0. The van der Waals surface area contributed by atoms with Gasteiger partial charge < -0.3 is 15.4 Å². The number of carbonyl (C=O) groups excluding carboxylic acids is 1. The Balaban J connectivity index is 1.34. The number of nitrogens with zero attached hydrogens (tertiary/aromatic N) is 2. The van der Waals surface area contributed by atoms with Gasteiger partial charge in [0, 0.05) is 30.5 Å². The molecule has 31 heavy (non-hydrogen) atoms. The monoisotopic (exact) mass is 413 g/mol. The molecule has 2 aliphatic rings. The molecule has 0 saturated heterocycles. The second-order valence-electron chi connectivity index (χ2n) is 8.43. The molecule has 1 saturated carbocycles. The molecule has 5 heteroatoms. The van der Waals surface area contributed by atoms with Crippen LogP contribution in [0.2, 0.25) is 0 Å². The minimum absolute atomic E-state index is 0.0683. The molecule has 0 radical (unpaired) electrons. The van der Waals surface area contributed by atoms with E-state index < -0.39 is 6.09 Å².